The van der Waals surface area contributed by atoms with E-state index in [1.54, 1.807) is 19.1 Å². The van der Waals surface area contributed by atoms with Gasteiger partial charge in [0.05, 0.1) is 11.4 Å². The molecule has 7 heteroatoms. The van der Waals surface area contributed by atoms with E-state index < -0.39 is 5.91 Å². The summed E-state index contributed by atoms with van der Waals surface area (Å²) in [7, 11) is 0. The summed E-state index contributed by atoms with van der Waals surface area (Å²) in [6, 6.07) is 5.59. The minimum absolute atomic E-state index is 0.00591. The number of nitrogens with zero attached hydrogens (tertiary/aromatic N) is 1. The molecule has 0 radical (unpaired) electrons. The Kier molecular flexibility index (Phi) is 3.88. The molecule has 1 aromatic carbocycles. The predicted octanol–water partition coefficient (Wildman–Crippen LogP) is 3.10. The van der Waals surface area contributed by atoms with Gasteiger partial charge in [-0.2, -0.15) is 0 Å². The first-order valence-corrected chi connectivity index (χ1v) is 8.95. The highest BCUT2D eigenvalue weighted by Gasteiger charge is 2.22. The van der Waals surface area contributed by atoms with Crippen molar-refractivity contribution in [2.24, 2.45) is 0 Å². The zero-order valence-electron chi connectivity index (χ0n) is 13.6. The van der Waals surface area contributed by atoms with Crippen molar-refractivity contribution < 1.29 is 9.18 Å². The van der Waals surface area contributed by atoms with E-state index in [1.807, 2.05) is 0 Å². The summed E-state index contributed by atoms with van der Waals surface area (Å²) in [5.74, 6) is -0.778. The topological polar surface area (TPSA) is 74.8 Å². The molecule has 0 saturated heterocycles. The van der Waals surface area contributed by atoms with E-state index in [0.717, 1.165) is 30.4 Å². The molecular weight excluding hydrogens is 341 g/mol. The van der Waals surface area contributed by atoms with Crippen LogP contribution in [0.4, 0.5) is 4.39 Å². The summed E-state index contributed by atoms with van der Waals surface area (Å²) in [6.07, 6.45) is 2.93. The smallest absolute Gasteiger partial charge is 0.287 e. The van der Waals surface area contributed by atoms with Crippen molar-refractivity contribution in [3.8, 4) is 0 Å². The third kappa shape index (κ3) is 2.84. The van der Waals surface area contributed by atoms with Crippen molar-refractivity contribution in [3.63, 3.8) is 0 Å². The third-order valence-electron chi connectivity index (χ3n) is 4.51. The molecular formula is C18H16FN3O2S. The number of benzene rings is 1. The third-order valence-corrected chi connectivity index (χ3v) is 5.69. The van der Waals surface area contributed by atoms with E-state index in [-0.39, 0.29) is 23.2 Å². The minimum Gasteiger partial charge on any atom is -0.343 e. The molecule has 25 heavy (non-hydrogen) atoms. The molecule has 1 amide bonds. The monoisotopic (exact) mass is 357 g/mol. The SMILES string of the molecule is C[C@H](NC(=O)c1nc2sc3c(c2c(=O)[nH]1)CCC3)c1ccc(F)cc1. The van der Waals surface area contributed by atoms with Gasteiger partial charge in [-0.1, -0.05) is 12.1 Å². The first-order chi connectivity index (χ1) is 12.0. The lowest BCUT2D eigenvalue weighted by Crippen LogP contribution is -2.30. The molecule has 128 valence electrons. The lowest BCUT2D eigenvalue weighted by Gasteiger charge is -2.13. The van der Waals surface area contributed by atoms with Crippen molar-refractivity contribution in [2.45, 2.75) is 32.2 Å². The summed E-state index contributed by atoms with van der Waals surface area (Å²) >= 11 is 1.50. The molecule has 0 aliphatic heterocycles. The fourth-order valence-electron chi connectivity index (χ4n) is 3.21. The van der Waals surface area contributed by atoms with Crippen LogP contribution < -0.4 is 10.9 Å². The summed E-state index contributed by atoms with van der Waals surface area (Å²) in [6.45, 7) is 1.79. The summed E-state index contributed by atoms with van der Waals surface area (Å²) < 4.78 is 13.0. The van der Waals surface area contributed by atoms with E-state index in [9.17, 15) is 14.0 Å². The van der Waals surface area contributed by atoms with E-state index in [4.69, 9.17) is 0 Å². The van der Waals surface area contributed by atoms with Crippen LogP contribution in [0.15, 0.2) is 29.1 Å². The van der Waals surface area contributed by atoms with Gasteiger partial charge in [-0.3, -0.25) is 9.59 Å². The van der Waals surface area contributed by atoms with Crippen LogP contribution in [-0.2, 0) is 12.8 Å². The maximum atomic E-state index is 13.0. The number of hydrogen-bond acceptors (Lipinski definition) is 4. The Bertz CT molecular complexity index is 1020. The number of rotatable bonds is 3. The number of nitrogens with one attached hydrogen (secondary N) is 2. The summed E-state index contributed by atoms with van der Waals surface area (Å²) in [4.78, 5) is 33.6. The number of thiophene rings is 1. The number of aromatic nitrogens is 2. The molecule has 0 bridgehead atoms. The molecule has 5 nitrogen and oxygen atoms in total. The van der Waals surface area contributed by atoms with Gasteiger partial charge in [0.1, 0.15) is 10.6 Å². The molecule has 0 fully saturated rings. The fraction of sp³-hybridized carbons (Fsp3) is 0.278. The highest BCUT2D eigenvalue weighted by Crippen LogP contribution is 2.34. The first kappa shape index (κ1) is 16.0. The van der Waals surface area contributed by atoms with Gasteiger partial charge in [0.2, 0.25) is 5.82 Å². The largest absolute Gasteiger partial charge is 0.343 e. The molecule has 2 N–H and O–H groups in total. The van der Waals surface area contributed by atoms with Gasteiger partial charge in [0, 0.05) is 4.88 Å². The maximum absolute atomic E-state index is 13.0. The normalized spacial score (nSPS) is 14.5. The fourth-order valence-corrected chi connectivity index (χ4v) is 4.47. The lowest BCUT2D eigenvalue weighted by molar-refractivity contribution is 0.0929. The number of amides is 1. The van der Waals surface area contributed by atoms with Crippen molar-refractivity contribution in [3.05, 3.63) is 62.3 Å². The van der Waals surface area contributed by atoms with Gasteiger partial charge >= 0.3 is 0 Å². The number of aryl methyl sites for hydroxylation is 2. The van der Waals surface area contributed by atoms with Crippen LogP contribution in [0.3, 0.4) is 0 Å². The lowest BCUT2D eigenvalue weighted by atomic mass is 10.1. The molecule has 1 atom stereocenters. The average molecular weight is 357 g/mol. The Morgan fingerprint density at radius 1 is 1.32 bits per heavy atom. The Morgan fingerprint density at radius 3 is 2.84 bits per heavy atom. The van der Waals surface area contributed by atoms with Gasteiger partial charge in [0.15, 0.2) is 0 Å². The standard InChI is InChI=1S/C18H16FN3O2S/c1-9(10-5-7-11(19)8-6-10)20-17(24)15-21-16(23)14-12-3-2-4-13(12)25-18(14)22-15/h5-9H,2-4H2,1H3,(H,20,24)(H,21,22,23)/t9-/m0/s1. The molecule has 2 aromatic heterocycles. The Hall–Kier alpha value is -2.54. The number of fused-ring (bicyclic) bond motifs is 3. The Labute approximate surface area is 146 Å². The van der Waals surface area contributed by atoms with Crippen LogP contribution in [-0.4, -0.2) is 15.9 Å². The van der Waals surface area contributed by atoms with E-state index in [0.29, 0.717) is 10.2 Å². The molecule has 2 heterocycles. The molecule has 1 aliphatic carbocycles. The van der Waals surface area contributed by atoms with Gasteiger partial charge in [-0.25, -0.2) is 9.37 Å². The van der Waals surface area contributed by atoms with Crippen LogP contribution in [0.25, 0.3) is 10.2 Å². The number of H-pyrrole nitrogens is 1. The number of carbonyl (C=O) groups is 1. The van der Waals surface area contributed by atoms with Crippen LogP contribution in [0.2, 0.25) is 0 Å². The van der Waals surface area contributed by atoms with Crippen LogP contribution in [0.1, 0.15) is 46.0 Å². The molecule has 4 rings (SSSR count). The number of aromatic amines is 1. The van der Waals surface area contributed by atoms with Crippen LogP contribution >= 0.6 is 11.3 Å². The summed E-state index contributed by atoms with van der Waals surface area (Å²) in [5.41, 5.74) is 1.60. The second-order valence-corrected chi connectivity index (χ2v) is 7.28. The van der Waals surface area contributed by atoms with Crippen molar-refractivity contribution in [1.29, 1.82) is 0 Å². The zero-order valence-corrected chi connectivity index (χ0v) is 14.4. The molecule has 1 aliphatic rings. The van der Waals surface area contributed by atoms with Gasteiger partial charge in [-0.15, -0.1) is 11.3 Å². The zero-order chi connectivity index (χ0) is 17.6. The highest BCUT2D eigenvalue weighted by atomic mass is 32.1. The molecule has 0 spiro atoms. The van der Waals surface area contributed by atoms with E-state index in [2.05, 4.69) is 15.3 Å². The maximum Gasteiger partial charge on any atom is 0.287 e. The molecule has 0 unspecified atom stereocenters. The van der Waals surface area contributed by atoms with E-state index in [1.165, 1.54) is 28.3 Å². The molecule has 3 aromatic rings. The number of halogens is 1. The van der Waals surface area contributed by atoms with Crippen molar-refractivity contribution >= 4 is 27.5 Å². The first-order valence-electron chi connectivity index (χ1n) is 8.14. The number of carbonyl (C=O) groups excluding carboxylic acids is 1. The summed E-state index contributed by atoms with van der Waals surface area (Å²) in [5, 5.41) is 3.41. The highest BCUT2D eigenvalue weighted by molar-refractivity contribution is 7.18. The average Bonchev–Trinajstić information content (AvgIpc) is 3.15. The second-order valence-electron chi connectivity index (χ2n) is 6.20. The van der Waals surface area contributed by atoms with Crippen molar-refractivity contribution in [1.82, 2.24) is 15.3 Å². The van der Waals surface area contributed by atoms with Gasteiger partial charge in [0.25, 0.3) is 11.5 Å². The Morgan fingerprint density at radius 2 is 2.08 bits per heavy atom. The quantitative estimate of drug-likeness (QED) is 0.756. The van der Waals surface area contributed by atoms with Gasteiger partial charge < -0.3 is 10.3 Å². The predicted molar refractivity (Wildman–Crippen MR) is 94.5 cm³/mol. The Balaban J connectivity index is 1.62. The van der Waals surface area contributed by atoms with Crippen molar-refractivity contribution in [2.75, 3.05) is 0 Å². The van der Waals surface area contributed by atoms with Crippen LogP contribution in [0, 0.1) is 5.82 Å². The van der Waals surface area contributed by atoms with Gasteiger partial charge in [-0.05, 0) is 49.4 Å². The van der Waals surface area contributed by atoms with Crippen LogP contribution in [0.5, 0.6) is 0 Å². The number of hydrogen-bond donors (Lipinski definition) is 2. The molecule has 0 saturated carbocycles. The minimum atomic E-state index is -0.454. The van der Waals surface area contributed by atoms with E-state index >= 15 is 0 Å². The second kappa shape index (κ2) is 6.07.